The van der Waals surface area contributed by atoms with E-state index in [2.05, 4.69) is 19.9 Å². The molecule has 0 radical (unpaired) electrons. The molecule has 0 bridgehead atoms. The van der Waals surface area contributed by atoms with Crippen LogP contribution in [0.1, 0.15) is 85.0 Å². The van der Waals surface area contributed by atoms with Gasteiger partial charge in [-0.05, 0) is 44.4 Å². The lowest BCUT2D eigenvalue weighted by Crippen LogP contribution is -2.17. The quantitative estimate of drug-likeness (QED) is 0.406. The van der Waals surface area contributed by atoms with Crippen LogP contribution in [0.25, 0.3) is 0 Å². The monoisotopic (exact) mass is 264 g/mol. The maximum atomic E-state index is 11.2. The van der Waals surface area contributed by atoms with Crippen LogP contribution < -0.4 is 0 Å². The van der Waals surface area contributed by atoms with Crippen molar-refractivity contribution < 1.29 is 4.79 Å². The fourth-order valence-corrected chi connectivity index (χ4v) is 3.26. The van der Waals surface area contributed by atoms with Gasteiger partial charge in [-0.15, -0.1) is 0 Å². The molecule has 1 heteroatoms. The minimum Gasteiger partial charge on any atom is -0.300 e. The Morgan fingerprint density at radius 2 is 1.89 bits per heavy atom. The normalized spacial score (nSPS) is 19.4. The minimum atomic E-state index is 0.331. The molecule has 1 rings (SSSR count). The molecule has 1 fully saturated rings. The van der Waals surface area contributed by atoms with E-state index < -0.39 is 0 Å². The van der Waals surface area contributed by atoms with Gasteiger partial charge in [-0.25, -0.2) is 0 Å². The molecule has 0 aliphatic heterocycles. The van der Waals surface area contributed by atoms with Gasteiger partial charge in [-0.2, -0.15) is 0 Å². The lowest BCUT2D eigenvalue weighted by molar-refractivity contribution is -0.117. The number of ketones is 1. The molecule has 0 spiro atoms. The molecule has 1 atom stereocenters. The summed E-state index contributed by atoms with van der Waals surface area (Å²) >= 11 is 0. The summed E-state index contributed by atoms with van der Waals surface area (Å²) in [5.41, 5.74) is 1.57. The third-order valence-electron chi connectivity index (χ3n) is 4.67. The molecular weight excluding hydrogens is 232 g/mol. The maximum absolute atomic E-state index is 11.2. The van der Waals surface area contributed by atoms with Crippen molar-refractivity contribution in [3.8, 4) is 0 Å². The highest BCUT2D eigenvalue weighted by atomic mass is 16.1. The van der Waals surface area contributed by atoms with Crippen molar-refractivity contribution >= 4 is 5.78 Å². The van der Waals surface area contributed by atoms with Crippen molar-refractivity contribution in [2.24, 2.45) is 11.8 Å². The third-order valence-corrected chi connectivity index (χ3v) is 4.67. The molecule has 19 heavy (non-hydrogen) atoms. The van der Waals surface area contributed by atoms with E-state index in [1.54, 1.807) is 12.5 Å². The maximum Gasteiger partial charge on any atom is 0.130 e. The van der Waals surface area contributed by atoms with Crippen molar-refractivity contribution in [1.29, 1.82) is 0 Å². The van der Waals surface area contributed by atoms with Crippen molar-refractivity contribution in [3.63, 3.8) is 0 Å². The van der Waals surface area contributed by atoms with Gasteiger partial charge in [-0.1, -0.05) is 57.6 Å². The first kappa shape index (κ1) is 16.5. The highest BCUT2D eigenvalue weighted by Crippen LogP contribution is 2.35. The highest BCUT2D eigenvalue weighted by Gasteiger charge is 2.22. The Labute approximate surface area is 119 Å². The topological polar surface area (TPSA) is 17.1 Å². The summed E-state index contributed by atoms with van der Waals surface area (Å²) in [6.45, 7) is 6.36. The van der Waals surface area contributed by atoms with Crippen LogP contribution >= 0.6 is 0 Å². The second-order valence-corrected chi connectivity index (χ2v) is 6.31. The molecule has 0 aromatic rings. The number of carbonyl (C=O) groups excluding carboxylic acids is 1. The van der Waals surface area contributed by atoms with Gasteiger partial charge in [0, 0.05) is 6.42 Å². The van der Waals surface area contributed by atoms with E-state index in [0.717, 1.165) is 18.8 Å². The second-order valence-electron chi connectivity index (χ2n) is 6.31. The van der Waals surface area contributed by atoms with Gasteiger partial charge in [-0.3, -0.25) is 0 Å². The summed E-state index contributed by atoms with van der Waals surface area (Å²) in [6.07, 6.45) is 14.9. The fraction of sp³-hybridized carbons (Fsp3) is 0.833. The first-order chi connectivity index (χ1) is 9.15. The van der Waals surface area contributed by atoms with Gasteiger partial charge in [0.15, 0.2) is 0 Å². The predicted molar refractivity (Wildman–Crippen MR) is 83.3 cm³/mol. The molecule has 0 amide bonds. The zero-order valence-corrected chi connectivity index (χ0v) is 13.2. The number of hydrogen-bond acceptors (Lipinski definition) is 1. The van der Waals surface area contributed by atoms with Crippen molar-refractivity contribution in [2.45, 2.75) is 85.0 Å². The van der Waals surface area contributed by atoms with E-state index in [1.807, 2.05) is 0 Å². The van der Waals surface area contributed by atoms with E-state index >= 15 is 0 Å². The predicted octanol–water partition coefficient (Wildman–Crippen LogP) is 5.69. The number of Topliss-reactive ketones (excluding diaryl/α,β-unsaturated/α-hetero) is 1. The molecule has 0 unspecified atom stereocenters. The molecule has 1 nitrogen and oxygen atoms in total. The van der Waals surface area contributed by atoms with E-state index in [9.17, 15) is 4.79 Å². The Bertz CT molecular complexity index is 284. The van der Waals surface area contributed by atoms with E-state index in [-0.39, 0.29) is 0 Å². The van der Waals surface area contributed by atoms with Crippen LogP contribution in [0.5, 0.6) is 0 Å². The van der Waals surface area contributed by atoms with Crippen LogP contribution in [0, 0.1) is 11.8 Å². The third kappa shape index (κ3) is 6.40. The smallest absolute Gasteiger partial charge is 0.130 e. The zero-order valence-electron chi connectivity index (χ0n) is 13.2. The van der Waals surface area contributed by atoms with E-state index in [0.29, 0.717) is 11.7 Å². The van der Waals surface area contributed by atoms with Crippen LogP contribution in [0.4, 0.5) is 0 Å². The minimum absolute atomic E-state index is 0.331. The van der Waals surface area contributed by atoms with Gasteiger partial charge in [0.1, 0.15) is 5.78 Å². The first-order valence-electron chi connectivity index (χ1n) is 8.33. The summed E-state index contributed by atoms with van der Waals surface area (Å²) in [4.78, 5) is 11.2. The largest absolute Gasteiger partial charge is 0.300 e. The SMILES string of the molecule is CCCC/C=C(\CCC(C)=O)[C@H](C)C1CCCCC1. The van der Waals surface area contributed by atoms with Crippen molar-refractivity contribution in [2.75, 3.05) is 0 Å². The average Bonchev–Trinajstić information content (AvgIpc) is 2.42. The number of rotatable bonds is 8. The molecule has 0 N–H and O–H groups in total. The molecule has 1 aliphatic rings. The lowest BCUT2D eigenvalue weighted by Gasteiger charge is -2.29. The Kier molecular flexibility index (Phi) is 8.09. The lowest BCUT2D eigenvalue weighted by atomic mass is 9.76. The number of unbranched alkanes of at least 4 members (excludes halogenated alkanes) is 2. The van der Waals surface area contributed by atoms with E-state index in [1.165, 1.54) is 51.4 Å². The van der Waals surface area contributed by atoms with Crippen molar-refractivity contribution in [1.82, 2.24) is 0 Å². The summed E-state index contributed by atoms with van der Waals surface area (Å²) in [7, 11) is 0. The van der Waals surface area contributed by atoms with Crippen LogP contribution in [0.2, 0.25) is 0 Å². The molecule has 0 aromatic heterocycles. The van der Waals surface area contributed by atoms with Gasteiger partial charge < -0.3 is 4.79 Å². The van der Waals surface area contributed by atoms with Gasteiger partial charge in [0.05, 0.1) is 0 Å². The fourth-order valence-electron chi connectivity index (χ4n) is 3.26. The zero-order chi connectivity index (χ0) is 14.1. The van der Waals surface area contributed by atoms with Crippen LogP contribution in [0.3, 0.4) is 0 Å². The summed E-state index contributed by atoms with van der Waals surface area (Å²) < 4.78 is 0. The highest BCUT2D eigenvalue weighted by molar-refractivity contribution is 5.75. The molecule has 110 valence electrons. The summed E-state index contributed by atoms with van der Waals surface area (Å²) in [6, 6.07) is 0. The van der Waals surface area contributed by atoms with Gasteiger partial charge >= 0.3 is 0 Å². The number of carbonyl (C=O) groups is 1. The molecule has 0 heterocycles. The molecular formula is C18H32O. The number of allylic oxidation sites excluding steroid dienone is 2. The van der Waals surface area contributed by atoms with Gasteiger partial charge in [0.25, 0.3) is 0 Å². The molecule has 1 saturated carbocycles. The summed E-state index contributed by atoms with van der Waals surface area (Å²) in [5.74, 6) is 1.89. The Hall–Kier alpha value is -0.590. The standard InChI is InChI=1S/C18H32O/c1-4-5-7-10-18(14-13-15(2)19)16(3)17-11-8-6-9-12-17/h10,16-17H,4-9,11-14H2,1-3H3/b18-10+/t16-/m1/s1. The van der Waals surface area contributed by atoms with Crippen LogP contribution in [0.15, 0.2) is 11.6 Å². The van der Waals surface area contributed by atoms with Crippen LogP contribution in [-0.2, 0) is 4.79 Å². The molecule has 1 aliphatic carbocycles. The second kappa shape index (κ2) is 9.34. The Morgan fingerprint density at radius 3 is 2.47 bits per heavy atom. The molecule has 0 aromatic carbocycles. The Morgan fingerprint density at radius 1 is 1.21 bits per heavy atom. The van der Waals surface area contributed by atoms with E-state index in [4.69, 9.17) is 0 Å². The first-order valence-corrected chi connectivity index (χ1v) is 8.33. The van der Waals surface area contributed by atoms with Crippen molar-refractivity contribution in [3.05, 3.63) is 11.6 Å². The van der Waals surface area contributed by atoms with Crippen LogP contribution in [-0.4, -0.2) is 5.78 Å². The van der Waals surface area contributed by atoms with Gasteiger partial charge in [0.2, 0.25) is 0 Å². The average molecular weight is 264 g/mol. The number of hydrogen-bond donors (Lipinski definition) is 0. The summed E-state index contributed by atoms with van der Waals surface area (Å²) in [5, 5.41) is 0. The Balaban J connectivity index is 2.58. The molecule has 0 saturated heterocycles.